The van der Waals surface area contributed by atoms with Crippen LogP contribution in [-0.4, -0.2) is 57.7 Å². The van der Waals surface area contributed by atoms with Gasteiger partial charge < -0.3 is 9.80 Å². The summed E-state index contributed by atoms with van der Waals surface area (Å²) in [4.78, 5) is 17.9. The lowest BCUT2D eigenvalue weighted by molar-refractivity contribution is 0.0578. The topological polar surface area (TPSA) is 41.4 Å². The molecule has 2 bridgehead atoms. The molecule has 5 rings (SSSR count). The van der Waals surface area contributed by atoms with E-state index in [1.165, 1.54) is 18.4 Å². The number of carbonyl (C=O) groups is 1. The highest BCUT2D eigenvalue weighted by Crippen LogP contribution is 2.29. The van der Waals surface area contributed by atoms with E-state index in [0.29, 0.717) is 17.7 Å². The molecule has 3 saturated heterocycles. The van der Waals surface area contributed by atoms with Gasteiger partial charge in [-0.05, 0) is 63.6 Å². The quantitative estimate of drug-likeness (QED) is 0.771. The van der Waals surface area contributed by atoms with Gasteiger partial charge in [0.15, 0.2) is 5.69 Å². The molecule has 0 spiro atoms. The van der Waals surface area contributed by atoms with Gasteiger partial charge in [0.1, 0.15) is 0 Å². The van der Waals surface area contributed by atoms with Crippen LogP contribution in [0.1, 0.15) is 47.9 Å². The number of fused-ring (bicyclic) bond motifs is 4. The van der Waals surface area contributed by atoms with Crippen molar-refractivity contribution in [2.75, 3.05) is 26.2 Å². The largest absolute Gasteiger partial charge is 0.333 e. The Hall–Kier alpha value is -2.14. The summed E-state index contributed by atoms with van der Waals surface area (Å²) in [6.45, 7) is 9.03. The summed E-state index contributed by atoms with van der Waals surface area (Å²) in [6, 6.07) is 13.0. The molecule has 4 heterocycles. The summed E-state index contributed by atoms with van der Waals surface area (Å²) >= 11 is 0. The fourth-order valence-electron chi connectivity index (χ4n) is 4.84. The zero-order valence-electron chi connectivity index (χ0n) is 17.2. The number of amides is 1. The molecule has 3 aliphatic heterocycles. The average Bonchev–Trinajstić information content (AvgIpc) is 2.87. The molecule has 2 atom stereocenters. The van der Waals surface area contributed by atoms with E-state index in [4.69, 9.17) is 0 Å². The van der Waals surface area contributed by atoms with Gasteiger partial charge in [0.2, 0.25) is 0 Å². The average molecular weight is 381 g/mol. The van der Waals surface area contributed by atoms with Gasteiger partial charge >= 0.3 is 0 Å². The summed E-state index contributed by atoms with van der Waals surface area (Å²) in [6.07, 6.45) is 4.67. The zero-order valence-corrected chi connectivity index (χ0v) is 17.2. The Morgan fingerprint density at radius 1 is 1.14 bits per heavy atom. The molecule has 0 unspecified atom stereocenters. The third kappa shape index (κ3) is 4.14. The van der Waals surface area contributed by atoms with Crippen LogP contribution >= 0.6 is 0 Å². The maximum atomic E-state index is 13.2. The lowest BCUT2D eigenvalue weighted by Gasteiger charge is -2.35. The molecule has 3 fully saturated rings. The highest BCUT2D eigenvalue weighted by molar-refractivity contribution is 5.92. The fraction of sp³-hybridized carbons (Fsp3) is 0.565. The Morgan fingerprint density at radius 2 is 1.96 bits per heavy atom. The molecule has 2 aromatic rings. The molecule has 1 amide bonds. The van der Waals surface area contributed by atoms with E-state index in [1.807, 2.05) is 17.7 Å². The van der Waals surface area contributed by atoms with E-state index < -0.39 is 0 Å². The first-order chi connectivity index (χ1) is 13.6. The predicted octanol–water partition coefficient (Wildman–Crippen LogP) is 3.38. The Balaban J connectivity index is 1.38. The van der Waals surface area contributed by atoms with Crippen LogP contribution in [-0.2, 0) is 13.0 Å². The van der Waals surface area contributed by atoms with E-state index in [9.17, 15) is 4.79 Å². The van der Waals surface area contributed by atoms with Crippen molar-refractivity contribution in [2.45, 2.75) is 52.1 Å². The molecule has 5 nitrogen and oxygen atoms in total. The summed E-state index contributed by atoms with van der Waals surface area (Å²) in [5, 5.41) is 4.53. The van der Waals surface area contributed by atoms with Gasteiger partial charge in [0.25, 0.3) is 5.91 Å². The Kier molecular flexibility index (Phi) is 5.81. The molecule has 0 radical (unpaired) electrons. The number of nitrogens with zero attached hydrogens (tertiary/aromatic N) is 4. The molecule has 3 aliphatic rings. The zero-order chi connectivity index (χ0) is 19.5. The summed E-state index contributed by atoms with van der Waals surface area (Å²) in [5.74, 6) is 0.713. The molecular formula is C23H32N4O. The minimum Gasteiger partial charge on any atom is -0.333 e. The van der Waals surface area contributed by atoms with Gasteiger partial charge in [-0.2, -0.15) is 5.10 Å². The molecule has 0 N–H and O–H groups in total. The van der Waals surface area contributed by atoms with Gasteiger partial charge in [-0.1, -0.05) is 30.3 Å². The van der Waals surface area contributed by atoms with Crippen LogP contribution in [0.15, 0.2) is 36.4 Å². The number of rotatable bonds is 6. The summed E-state index contributed by atoms with van der Waals surface area (Å²) < 4.78 is 1.92. The second-order valence-electron chi connectivity index (χ2n) is 8.39. The van der Waals surface area contributed by atoms with Crippen LogP contribution in [0.4, 0.5) is 0 Å². The monoisotopic (exact) mass is 380 g/mol. The Labute approximate surface area is 168 Å². The first kappa shape index (κ1) is 19.2. The van der Waals surface area contributed by atoms with Crippen LogP contribution < -0.4 is 0 Å². The molecule has 1 aromatic heterocycles. The molecule has 5 heteroatoms. The highest BCUT2D eigenvalue weighted by Gasteiger charge is 2.37. The van der Waals surface area contributed by atoms with E-state index in [1.54, 1.807) is 0 Å². The van der Waals surface area contributed by atoms with Crippen molar-refractivity contribution in [3.63, 3.8) is 0 Å². The number of benzene rings is 1. The minimum atomic E-state index is 0.121. The maximum absolute atomic E-state index is 13.2. The van der Waals surface area contributed by atoms with Crippen LogP contribution in [0, 0.1) is 12.8 Å². The second-order valence-corrected chi connectivity index (χ2v) is 8.39. The lowest BCUT2D eigenvalue weighted by Crippen LogP contribution is -2.47. The molecule has 150 valence electrons. The molecule has 1 aromatic carbocycles. The highest BCUT2D eigenvalue weighted by atomic mass is 16.2. The van der Waals surface area contributed by atoms with Crippen LogP contribution in [0.2, 0.25) is 0 Å². The van der Waals surface area contributed by atoms with Gasteiger partial charge in [-0.3, -0.25) is 9.48 Å². The number of aryl methyl sites for hydroxylation is 3. The van der Waals surface area contributed by atoms with E-state index in [0.717, 1.165) is 51.3 Å². The van der Waals surface area contributed by atoms with Crippen molar-refractivity contribution in [2.24, 2.45) is 5.92 Å². The second kappa shape index (κ2) is 8.48. The summed E-state index contributed by atoms with van der Waals surface area (Å²) in [7, 11) is 0. The number of piperidine rings is 1. The number of carbonyl (C=O) groups excluding carboxylic acids is 1. The van der Waals surface area contributed by atoms with Crippen molar-refractivity contribution < 1.29 is 4.79 Å². The van der Waals surface area contributed by atoms with Crippen LogP contribution in [0.25, 0.3) is 0 Å². The van der Waals surface area contributed by atoms with Crippen molar-refractivity contribution in [1.29, 1.82) is 0 Å². The number of hydrogen-bond donors (Lipinski definition) is 0. The predicted molar refractivity (Wildman–Crippen MR) is 111 cm³/mol. The van der Waals surface area contributed by atoms with Crippen molar-refractivity contribution in [1.82, 2.24) is 19.6 Å². The van der Waals surface area contributed by atoms with E-state index in [-0.39, 0.29) is 5.91 Å². The van der Waals surface area contributed by atoms with Crippen LogP contribution in [0.3, 0.4) is 0 Å². The Bertz CT molecular complexity index is 800. The molecule has 28 heavy (non-hydrogen) atoms. The standard InChI is InChI=1S/C23H32N4O/c1-3-27-18(2)14-22(24-27)23(28)26-16-20-11-12-21(26)17-25(15-20)13-7-10-19-8-5-4-6-9-19/h4-6,8-9,14,20-21H,3,7,10-13,15-17H2,1-2H3/t20-,21+/m0/s1. The van der Waals surface area contributed by atoms with Gasteiger partial charge in [0, 0.05) is 37.9 Å². The third-order valence-corrected chi connectivity index (χ3v) is 6.33. The van der Waals surface area contributed by atoms with E-state index >= 15 is 0 Å². The van der Waals surface area contributed by atoms with Gasteiger partial charge in [0.05, 0.1) is 0 Å². The molecule has 0 saturated carbocycles. The number of aromatic nitrogens is 2. The first-order valence-corrected chi connectivity index (χ1v) is 10.8. The summed E-state index contributed by atoms with van der Waals surface area (Å²) in [5.41, 5.74) is 3.09. The molecule has 0 aliphatic carbocycles. The SMILES string of the molecule is CCn1nc(C(=O)N2C[C@H]3CC[C@@H]2CN(CCCc2ccccc2)C3)cc1C. The van der Waals surface area contributed by atoms with Gasteiger partial charge in [-0.15, -0.1) is 0 Å². The van der Waals surface area contributed by atoms with Crippen molar-refractivity contribution >= 4 is 5.91 Å². The maximum Gasteiger partial charge on any atom is 0.274 e. The van der Waals surface area contributed by atoms with Crippen molar-refractivity contribution in [3.05, 3.63) is 53.3 Å². The normalized spacial score (nSPS) is 22.4. The van der Waals surface area contributed by atoms with Gasteiger partial charge in [-0.25, -0.2) is 0 Å². The smallest absolute Gasteiger partial charge is 0.274 e. The lowest BCUT2D eigenvalue weighted by atomic mass is 9.94. The third-order valence-electron chi connectivity index (χ3n) is 6.33. The fourth-order valence-corrected chi connectivity index (χ4v) is 4.84. The minimum absolute atomic E-state index is 0.121. The van der Waals surface area contributed by atoms with Crippen molar-refractivity contribution in [3.8, 4) is 0 Å². The van der Waals surface area contributed by atoms with E-state index in [2.05, 4.69) is 52.2 Å². The number of hydrogen-bond acceptors (Lipinski definition) is 3. The first-order valence-electron chi connectivity index (χ1n) is 10.8. The Morgan fingerprint density at radius 3 is 2.71 bits per heavy atom. The van der Waals surface area contributed by atoms with Crippen LogP contribution in [0.5, 0.6) is 0 Å². The molecular weight excluding hydrogens is 348 g/mol.